The Hall–Kier alpha value is -3.20. The van der Waals surface area contributed by atoms with Crippen molar-refractivity contribution >= 4 is 40.5 Å². The zero-order chi connectivity index (χ0) is 20.5. The van der Waals surface area contributed by atoms with Crippen LogP contribution in [0.2, 0.25) is 10.0 Å². The quantitative estimate of drug-likeness (QED) is 0.223. The van der Waals surface area contributed by atoms with Crippen LogP contribution in [0.25, 0.3) is 17.0 Å². The van der Waals surface area contributed by atoms with Gasteiger partial charge in [-0.15, -0.1) is 0 Å². The number of aromatic nitrogens is 3. The predicted octanol–water partition coefficient (Wildman–Crippen LogP) is 3.84. The number of fused-ring (bicyclic) bond motifs is 1. The van der Waals surface area contributed by atoms with Crippen molar-refractivity contribution in [3.63, 3.8) is 0 Å². The smallest absolute Gasteiger partial charge is 0.234 e. The van der Waals surface area contributed by atoms with Gasteiger partial charge in [-0.3, -0.25) is 9.41 Å². The van der Waals surface area contributed by atoms with Gasteiger partial charge in [-0.2, -0.15) is 5.10 Å². The molecular formula is C19H14Cl2FN7. The molecule has 7 nitrogen and oxygen atoms in total. The zero-order valence-electron chi connectivity index (χ0n) is 14.8. The lowest BCUT2D eigenvalue weighted by Crippen LogP contribution is -2.40. The van der Waals surface area contributed by atoms with Gasteiger partial charge in [0.1, 0.15) is 17.2 Å². The molecule has 0 fully saturated rings. The number of imidazole rings is 1. The third kappa shape index (κ3) is 3.49. The largest absolute Gasteiger partial charge is 0.321 e. The van der Waals surface area contributed by atoms with Gasteiger partial charge in [-0.05, 0) is 48.5 Å². The molecule has 0 bridgehead atoms. The highest BCUT2D eigenvalue weighted by Crippen LogP contribution is 2.32. The summed E-state index contributed by atoms with van der Waals surface area (Å²) in [6.45, 7) is 0. The minimum atomic E-state index is -0.464. The predicted molar refractivity (Wildman–Crippen MR) is 112 cm³/mol. The molecule has 2 heterocycles. The van der Waals surface area contributed by atoms with Gasteiger partial charge in [0.05, 0.1) is 10.7 Å². The van der Waals surface area contributed by atoms with Crippen molar-refractivity contribution in [2.45, 2.75) is 0 Å². The van der Waals surface area contributed by atoms with Gasteiger partial charge in [0, 0.05) is 23.0 Å². The van der Waals surface area contributed by atoms with E-state index in [2.05, 4.69) is 15.1 Å². The molecule has 0 saturated carbocycles. The molecule has 4 N–H and O–H groups in total. The molecule has 0 atom stereocenters. The number of nitrogens with two attached hydrogens (primary N) is 2. The maximum Gasteiger partial charge on any atom is 0.234 e. The van der Waals surface area contributed by atoms with E-state index in [4.69, 9.17) is 34.9 Å². The number of anilines is 1. The summed E-state index contributed by atoms with van der Waals surface area (Å²) in [4.78, 5) is 8.75. The number of amidine groups is 1. The van der Waals surface area contributed by atoms with E-state index in [1.807, 2.05) is 0 Å². The Balaban J connectivity index is 1.96. The maximum atomic E-state index is 14.0. The number of benzene rings is 2. The fourth-order valence-corrected chi connectivity index (χ4v) is 3.26. The molecule has 0 spiro atoms. The van der Waals surface area contributed by atoms with E-state index < -0.39 is 5.82 Å². The summed E-state index contributed by atoms with van der Waals surface area (Å²) in [6, 6.07) is 12.5. The number of nitrogens with zero attached hydrogens (tertiary/aromatic N) is 5. The Morgan fingerprint density at radius 2 is 1.90 bits per heavy atom. The number of hydrazone groups is 1. The molecule has 0 saturated heterocycles. The van der Waals surface area contributed by atoms with Crippen LogP contribution < -0.4 is 16.7 Å². The van der Waals surface area contributed by atoms with E-state index in [1.165, 1.54) is 23.2 Å². The number of hydrazine groups is 1. The molecule has 4 aromatic rings. The Labute approximate surface area is 175 Å². The summed E-state index contributed by atoms with van der Waals surface area (Å²) in [5, 5.41) is 6.02. The first-order valence-corrected chi connectivity index (χ1v) is 9.12. The molecule has 0 aliphatic carbocycles. The van der Waals surface area contributed by atoms with Gasteiger partial charge in [-0.25, -0.2) is 20.2 Å². The first kappa shape index (κ1) is 19.1. The summed E-state index contributed by atoms with van der Waals surface area (Å²) >= 11 is 12.3. The molecule has 2 aromatic heterocycles. The molecule has 0 radical (unpaired) electrons. The van der Waals surface area contributed by atoms with E-state index in [0.717, 1.165) is 0 Å². The topological polar surface area (TPSA) is 97.8 Å². The number of halogens is 3. The first-order chi connectivity index (χ1) is 14.0. The Morgan fingerprint density at radius 3 is 2.62 bits per heavy atom. The molecule has 0 aliphatic rings. The molecular weight excluding hydrogens is 416 g/mol. The van der Waals surface area contributed by atoms with Gasteiger partial charge in [0.2, 0.25) is 5.78 Å². The highest BCUT2D eigenvalue weighted by molar-refractivity contribution is 6.33. The van der Waals surface area contributed by atoms with Gasteiger partial charge >= 0.3 is 0 Å². The van der Waals surface area contributed by atoms with Crippen molar-refractivity contribution in [1.29, 1.82) is 0 Å². The molecule has 10 heteroatoms. The van der Waals surface area contributed by atoms with Crippen molar-refractivity contribution in [3.05, 3.63) is 82.5 Å². The monoisotopic (exact) mass is 429 g/mol. The minimum Gasteiger partial charge on any atom is -0.321 e. The van der Waals surface area contributed by atoms with Crippen LogP contribution in [0.3, 0.4) is 0 Å². The average Bonchev–Trinajstić information content (AvgIpc) is 3.10. The fourth-order valence-electron chi connectivity index (χ4n) is 2.93. The van der Waals surface area contributed by atoms with Gasteiger partial charge in [-0.1, -0.05) is 23.2 Å². The lowest BCUT2D eigenvalue weighted by atomic mass is 10.1. The lowest BCUT2D eigenvalue weighted by Gasteiger charge is -2.21. The Bertz CT molecular complexity index is 1220. The number of hydrogen-bond donors (Lipinski definition) is 2. The van der Waals surface area contributed by atoms with Crippen LogP contribution >= 0.6 is 23.2 Å². The number of hydrogen-bond acceptors (Lipinski definition) is 5. The molecule has 0 aliphatic heterocycles. The summed E-state index contributed by atoms with van der Waals surface area (Å²) < 4.78 is 15.6. The minimum absolute atomic E-state index is 0.170. The van der Waals surface area contributed by atoms with Crippen molar-refractivity contribution in [1.82, 2.24) is 14.4 Å². The van der Waals surface area contributed by atoms with Crippen LogP contribution in [-0.2, 0) is 0 Å². The van der Waals surface area contributed by atoms with Gasteiger partial charge in [0.25, 0.3) is 0 Å². The molecule has 2 aromatic carbocycles. The zero-order valence-corrected chi connectivity index (χ0v) is 16.3. The average molecular weight is 430 g/mol. The Morgan fingerprint density at radius 1 is 1.14 bits per heavy atom. The summed E-state index contributed by atoms with van der Waals surface area (Å²) in [5.41, 5.74) is 1.67. The molecule has 4 rings (SSSR count). The second-order valence-corrected chi connectivity index (χ2v) is 6.87. The van der Waals surface area contributed by atoms with Crippen LogP contribution in [-0.4, -0.2) is 20.2 Å². The second-order valence-electron chi connectivity index (χ2n) is 6.02. The van der Waals surface area contributed by atoms with Crippen LogP contribution in [0.5, 0.6) is 0 Å². The third-order valence-corrected chi connectivity index (χ3v) is 4.84. The maximum absolute atomic E-state index is 14.0. The summed E-state index contributed by atoms with van der Waals surface area (Å²) in [5.74, 6) is 12.1. The van der Waals surface area contributed by atoms with Gasteiger partial charge < -0.3 is 5.84 Å². The van der Waals surface area contributed by atoms with E-state index >= 15 is 0 Å². The van der Waals surface area contributed by atoms with Crippen LogP contribution in [0.4, 0.5) is 10.1 Å². The van der Waals surface area contributed by atoms with Crippen LogP contribution in [0.1, 0.15) is 5.69 Å². The highest BCUT2D eigenvalue weighted by atomic mass is 35.5. The van der Waals surface area contributed by atoms with E-state index in [1.54, 1.807) is 47.1 Å². The SMILES string of the molecule is N/N=C(/c1c(-c2cc(F)ccc2Cl)nc2ncccn12)N(N)c1ccc(Cl)cc1. The molecule has 146 valence electrons. The van der Waals surface area contributed by atoms with E-state index in [0.29, 0.717) is 38.5 Å². The van der Waals surface area contributed by atoms with E-state index in [9.17, 15) is 4.39 Å². The molecule has 0 unspecified atom stereocenters. The molecule has 29 heavy (non-hydrogen) atoms. The molecule has 0 amide bonds. The first-order valence-electron chi connectivity index (χ1n) is 8.36. The fraction of sp³-hybridized carbons (Fsp3) is 0. The number of rotatable bonds is 3. The summed E-state index contributed by atoms with van der Waals surface area (Å²) in [6.07, 6.45) is 3.31. The normalized spacial score (nSPS) is 11.8. The van der Waals surface area contributed by atoms with Crippen molar-refractivity contribution in [2.24, 2.45) is 16.8 Å². The third-order valence-electron chi connectivity index (χ3n) is 4.25. The van der Waals surface area contributed by atoms with Crippen LogP contribution in [0, 0.1) is 5.82 Å². The van der Waals surface area contributed by atoms with E-state index in [-0.39, 0.29) is 5.84 Å². The highest BCUT2D eigenvalue weighted by Gasteiger charge is 2.25. The van der Waals surface area contributed by atoms with Crippen molar-refractivity contribution in [3.8, 4) is 11.3 Å². The van der Waals surface area contributed by atoms with Gasteiger partial charge in [0.15, 0.2) is 5.84 Å². The van der Waals surface area contributed by atoms with Crippen molar-refractivity contribution < 1.29 is 4.39 Å². The summed E-state index contributed by atoms with van der Waals surface area (Å²) in [7, 11) is 0. The Kier molecular flexibility index (Phi) is 5.06. The standard InChI is InChI=1S/C19H14Cl2FN7/c20-11-2-5-13(6-3-11)29(24)18(27-23)17-16(14-10-12(22)4-7-15(14)21)26-19-25-8-1-9-28(17)19/h1-10H,23-24H2/b27-18-. The van der Waals surface area contributed by atoms with Crippen LogP contribution in [0.15, 0.2) is 66.0 Å². The lowest BCUT2D eigenvalue weighted by molar-refractivity contribution is 0.628. The van der Waals surface area contributed by atoms with Crippen molar-refractivity contribution in [2.75, 3.05) is 5.01 Å². The second kappa shape index (κ2) is 7.67.